The first-order valence-corrected chi connectivity index (χ1v) is 7.30. The first kappa shape index (κ1) is 14.9. The molecule has 2 aromatic heterocycles. The van der Waals surface area contributed by atoms with Crippen LogP contribution in [0, 0.1) is 0 Å². The Labute approximate surface area is 133 Å². The van der Waals surface area contributed by atoms with E-state index in [-0.39, 0.29) is 5.91 Å². The lowest BCUT2D eigenvalue weighted by Crippen LogP contribution is -2.25. The highest BCUT2D eigenvalue weighted by atomic mass is 16.5. The number of hydrogen-bond acceptors (Lipinski definition) is 5. The monoisotopic (exact) mass is 308 g/mol. The van der Waals surface area contributed by atoms with Gasteiger partial charge in [0, 0.05) is 31.4 Å². The predicted octanol–water partition coefficient (Wildman–Crippen LogP) is 3.17. The van der Waals surface area contributed by atoms with Crippen molar-refractivity contribution in [2.45, 2.75) is 13.3 Å². The molecule has 0 atom stereocenters. The zero-order chi connectivity index (χ0) is 16.2. The number of amides is 1. The summed E-state index contributed by atoms with van der Waals surface area (Å²) in [6.07, 6.45) is 3.77. The molecule has 0 radical (unpaired) electrons. The second-order valence-corrected chi connectivity index (χ2v) is 4.98. The SMILES string of the molecule is CCC(=O)N(C)c1ccccc1-c1nc(-c2ccncc2)no1. The summed E-state index contributed by atoms with van der Waals surface area (Å²) in [5.41, 5.74) is 2.29. The van der Waals surface area contributed by atoms with Gasteiger partial charge < -0.3 is 9.42 Å². The van der Waals surface area contributed by atoms with Crippen LogP contribution in [-0.4, -0.2) is 28.1 Å². The fourth-order valence-corrected chi connectivity index (χ4v) is 2.27. The summed E-state index contributed by atoms with van der Waals surface area (Å²) in [6, 6.07) is 11.1. The molecule has 1 aromatic carbocycles. The second-order valence-electron chi connectivity index (χ2n) is 4.98. The molecule has 0 aliphatic rings. The Morgan fingerprint density at radius 3 is 2.65 bits per heavy atom. The predicted molar refractivity (Wildman–Crippen MR) is 86.7 cm³/mol. The molecule has 0 N–H and O–H groups in total. The van der Waals surface area contributed by atoms with Crippen molar-refractivity contribution in [3.63, 3.8) is 0 Å². The summed E-state index contributed by atoms with van der Waals surface area (Å²) in [4.78, 5) is 22.0. The summed E-state index contributed by atoms with van der Waals surface area (Å²) >= 11 is 0. The molecule has 0 aliphatic carbocycles. The summed E-state index contributed by atoms with van der Waals surface area (Å²) in [7, 11) is 1.74. The lowest BCUT2D eigenvalue weighted by Gasteiger charge is -2.18. The van der Waals surface area contributed by atoms with E-state index in [1.807, 2.05) is 43.3 Å². The van der Waals surface area contributed by atoms with Crippen LogP contribution in [0.15, 0.2) is 53.3 Å². The van der Waals surface area contributed by atoms with Gasteiger partial charge in [0.25, 0.3) is 5.89 Å². The van der Waals surface area contributed by atoms with Crippen LogP contribution >= 0.6 is 0 Å². The van der Waals surface area contributed by atoms with Crippen LogP contribution in [0.2, 0.25) is 0 Å². The molecule has 0 unspecified atom stereocenters. The average Bonchev–Trinajstić information content (AvgIpc) is 3.11. The molecule has 0 fully saturated rings. The van der Waals surface area contributed by atoms with Gasteiger partial charge in [-0.2, -0.15) is 4.98 Å². The van der Waals surface area contributed by atoms with Gasteiger partial charge in [-0.3, -0.25) is 9.78 Å². The summed E-state index contributed by atoms with van der Waals surface area (Å²) in [5, 5.41) is 4.01. The van der Waals surface area contributed by atoms with Gasteiger partial charge in [0.2, 0.25) is 11.7 Å². The molecule has 6 heteroatoms. The fourth-order valence-electron chi connectivity index (χ4n) is 2.27. The average molecular weight is 308 g/mol. The molecule has 0 saturated heterocycles. The van der Waals surface area contributed by atoms with Crippen molar-refractivity contribution in [1.29, 1.82) is 0 Å². The molecule has 3 aromatic rings. The third-order valence-electron chi connectivity index (χ3n) is 3.54. The lowest BCUT2D eigenvalue weighted by molar-refractivity contribution is -0.118. The summed E-state index contributed by atoms with van der Waals surface area (Å²) in [6.45, 7) is 1.83. The summed E-state index contributed by atoms with van der Waals surface area (Å²) in [5.74, 6) is 0.885. The Morgan fingerprint density at radius 2 is 1.91 bits per heavy atom. The molecule has 0 bridgehead atoms. The molecule has 2 heterocycles. The van der Waals surface area contributed by atoms with Crippen LogP contribution in [0.25, 0.3) is 22.8 Å². The van der Waals surface area contributed by atoms with Crippen LogP contribution in [0.1, 0.15) is 13.3 Å². The van der Waals surface area contributed by atoms with Crippen molar-refractivity contribution in [2.24, 2.45) is 0 Å². The minimum absolute atomic E-state index is 0.0197. The van der Waals surface area contributed by atoms with Crippen molar-refractivity contribution in [3.05, 3.63) is 48.8 Å². The van der Waals surface area contributed by atoms with Crippen molar-refractivity contribution < 1.29 is 9.32 Å². The molecule has 0 aliphatic heterocycles. The number of aromatic nitrogens is 3. The minimum Gasteiger partial charge on any atom is -0.334 e. The van der Waals surface area contributed by atoms with E-state index < -0.39 is 0 Å². The van der Waals surface area contributed by atoms with E-state index in [4.69, 9.17) is 4.52 Å². The number of hydrogen-bond donors (Lipinski definition) is 0. The van der Waals surface area contributed by atoms with Crippen molar-refractivity contribution >= 4 is 11.6 Å². The van der Waals surface area contributed by atoms with Crippen LogP contribution in [0.4, 0.5) is 5.69 Å². The number of rotatable bonds is 4. The van der Waals surface area contributed by atoms with Crippen molar-refractivity contribution in [3.8, 4) is 22.8 Å². The van der Waals surface area contributed by atoms with E-state index in [2.05, 4.69) is 15.1 Å². The normalized spacial score (nSPS) is 10.5. The Kier molecular flexibility index (Phi) is 4.14. The number of carbonyl (C=O) groups is 1. The number of benzene rings is 1. The van der Waals surface area contributed by atoms with E-state index >= 15 is 0 Å². The van der Waals surface area contributed by atoms with Crippen LogP contribution in [-0.2, 0) is 4.79 Å². The van der Waals surface area contributed by atoms with Crippen molar-refractivity contribution in [2.75, 3.05) is 11.9 Å². The Bertz CT molecular complexity index is 814. The number of nitrogens with zero attached hydrogens (tertiary/aromatic N) is 4. The highest BCUT2D eigenvalue weighted by Crippen LogP contribution is 2.30. The van der Waals surface area contributed by atoms with E-state index in [1.54, 1.807) is 24.3 Å². The molecule has 1 amide bonds. The first-order valence-electron chi connectivity index (χ1n) is 7.30. The van der Waals surface area contributed by atoms with Crippen molar-refractivity contribution in [1.82, 2.24) is 15.1 Å². The largest absolute Gasteiger partial charge is 0.334 e. The Balaban J connectivity index is 2.00. The van der Waals surface area contributed by atoms with Crippen LogP contribution in [0.3, 0.4) is 0 Å². The fraction of sp³-hybridized carbons (Fsp3) is 0.176. The smallest absolute Gasteiger partial charge is 0.260 e. The molecule has 3 rings (SSSR count). The first-order chi connectivity index (χ1) is 11.2. The van der Waals surface area contributed by atoms with Gasteiger partial charge >= 0.3 is 0 Å². The summed E-state index contributed by atoms with van der Waals surface area (Å²) < 4.78 is 5.39. The van der Waals surface area contributed by atoms with Gasteiger partial charge in [0.15, 0.2) is 0 Å². The van der Waals surface area contributed by atoms with Gasteiger partial charge in [-0.15, -0.1) is 0 Å². The van der Waals surface area contributed by atoms with E-state index in [1.165, 1.54) is 0 Å². The zero-order valence-electron chi connectivity index (χ0n) is 12.9. The van der Waals surface area contributed by atoms with E-state index in [9.17, 15) is 4.79 Å². The number of carbonyl (C=O) groups excluding carboxylic acids is 1. The molecule has 6 nitrogen and oxygen atoms in total. The highest BCUT2D eigenvalue weighted by Gasteiger charge is 2.18. The standard InChI is InChI=1S/C17H16N4O2/c1-3-15(22)21(2)14-7-5-4-6-13(14)17-19-16(20-23-17)12-8-10-18-11-9-12/h4-11H,3H2,1-2H3. The van der Waals surface area contributed by atoms with E-state index in [0.29, 0.717) is 18.1 Å². The van der Waals surface area contributed by atoms with Crippen LogP contribution in [0.5, 0.6) is 0 Å². The van der Waals surface area contributed by atoms with E-state index in [0.717, 1.165) is 16.8 Å². The molecule has 23 heavy (non-hydrogen) atoms. The number of pyridine rings is 1. The third-order valence-corrected chi connectivity index (χ3v) is 3.54. The Morgan fingerprint density at radius 1 is 1.17 bits per heavy atom. The topological polar surface area (TPSA) is 72.1 Å². The number of anilines is 1. The minimum atomic E-state index is 0.0197. The maximum absolute atomic E-state index is 12.0. The zero-order valence-corrected chi connectivity index (χ0v) is 12.9. The lowest BCUT2D eigenvalue weighted by atomic mass is 10.1. The maximum Gasteiger partial charge on any atom is 0.260 e. The molecular formula is C17H16N4O2. The number of para-hydroxylation sites is 1. The second kappa shape index (κ2) is 6.39. The molecule has 0 saturated carbocycles. The maximum atomic E-state index is 12.0. The van der Waals surface area contributed by atoms with Gasteiger partial charge in [-0.05, 0) is 24.3 Å². The molecule has 0 spiro atoms. The third kappa shape index (κ3) is 2.96. The highest BCUT2D eigenvalue weighted by molar-refractivity contribution is 5.96. The van der Waals surface area contributed by atoms with Gasteiger partial charge in [0.1, 0.15) is 0 Å². The molecule has 116 valence electrons. The van der Waals surface area contributed by atoms with Crippen LogP contribution < -0.4 is 4.90 Å². The quantitative estimate of drug-likeness (QED) is 0.740. The Hall–Kier alpha value is -3.02. The van der Waals surface area contributed by atoms with Gasteiger partial charge in [-0.1, -0.05) is 24.2 Å². The van der Waals surface area contributed by atoms with Gasteiger partial charge in [0.05, 0.1) is 11.3 Å². The molecular weight excluding hydrogens is 292 g/mol. The van der Waals surface area contributed by atoms with Gasteiger partial charge in [-0.25, -0.2) is 0 Å².